The van der Waals surface area contributed by atoms with Gasteiger partial charge in [-0.2, -0.15) is 15.2 Å². The van der Waals surface area contributed by atoms with Crippen LogP contribution in [0.3, 0.4) is 0 Å². The highest BCUT2D eigenvalue weighted by molar-refractivity contribution is 5.29. The number of aryl methyl sites for hydroxylation is 1. The molecule has 0 spiro atoms. The van der Waals surface area contributed by atoms with Gasteiger partial charge in [-0.3, -0.25) is 4.68 Å². The van der Waals surface area contributed by atoms with Gasteiger partial charge in [0.2, 0.25) is 5.95 Å². The average molecular weight is 204 g/mol. The van der Waals surface area contributed by atoms with E-state index in [1.54, 1.807) is 6.33 Å². The molecule has 1 atom stereocenters. The number of aromatic nitrogens is 5. The van der Waals surface area contributed by atoms with Gasteiger partial charge in [0, 0.05) is 19.8 Å². The topological polar surface area (TPSA) is 60.6 Å². The molecule has 6 heteroatoms. The second-order valence-corrected chi connectivity index (χ2v) is 3.64. The van der Waals surface area contributed by atoms with Crippen LogP contribution in [0.1, 0.15) is 18.2 Å². The molecule has 0 saturated heterocycles. The summed E-state index contributed by atoms with van der Waals surface area (Å²) in [7, 11) is 1.95. The first-order chi connectivity index (χ1) is 7.36. The van der Waals surface area contributed by atoms with Gasteiger partial charge in [-0.1, -0.05) is 0 Å². The van der Waals surface area contributed by atoms with E-state index in [9.17, 15) is 0 Å². The zero-order valence-corrected chi connectivity index (χ0v) is 8.46. The summed E-state index contributed by atoms with van der Waals surface area (Å²) >= 11 is 0. The number of hydrogen-bond donors (Lipinski definition) is 1. The Bertz CT molecular complexity index is 470. The van der Waals surface area contributed by atoms with Crippen LogP contribution in [0.4, 0.5) is 5.95 Å². The monoisotopic (exact) mass is 204 g/mol. The first-order valence-corrected chi connectivity index (χ1v) is 4.97. The molecule has 6 nitrogen and oxygen atoms in total. The summed E-state index contributed by atoms with van der Waals surface area (Å²) in [5.74, 6) is 0.840. The third-order valence-corrected chi connectivity index (χ3v) is 2.77. The molecule has 0 bridgehead atoms. The maximum Gasteiger partial charge on any atom is 0.221 e. The number of rotatable bonds is 1. The molecule has 78 valence electrons. The standard InChI is InChI=1S/C9H12N6/c1-14-7(3-5-12-14)8-2-4-10-9-11-6-13-15(8)9/h3,5-6,8H,2,4H2,1H3,(H,10,11,13). The van der Waals surface area contributed by atoms with Crippen LogP contribution in [-0.4, -0.2) is 31.1 Å². The molecule has 1 aliphatic rings. The summed E-state index contributed by atoms with van der Waals surface area (Å²) in [5, 5.41) is 11.6. The van der Waals surface area contributed by atoms with Gasteiger partial charge >= 0.3 is 0 Å². The number of anilines is 1. The van der Waals surface area contributed by atoms with Crippen molar-refractivity contribution in [1.82, 2.24) is 24.5 Å². The van der Waals surface area contributed by atoms with Gasteiger partial charge in [0.1, 0.15) is 6.33 Å². The van der Waals surface area contributed by atoms with Crippen LogP contribution in [0.15, 0.2) is 18.6 Å². The predicted octanol–water partition coefficient (Wildman–Crippen LogP) is 0.417. The Kier molecular flexibility index (Phi) is 1.74. The first kappa shape index (κ1) is 8.46. The van der Waals surface area contributed by atoms with Crippen LogP contribution in [-0.2, 0) is 7.05 Å². The van der Waals surface area contributed by atoms with Crippen molar-refractivity contribution < 1.29 is 0 Å². The van der Waals surface area contributed by atoms with Crippen molar-refractivity contribution >= 4 is 5.95 Å². The largest absolute Gasteiger partial charge is 0.354 e. The fourth-order valence-electron chi connectivity index (χ4n) is 2.03. The number of nitrogens with zero attached hydrogens (tertiary/aromatic N) is 5. The second kappa shape index (κ2) is 3.08. The molecule has 2 aromatic rings. The minimum atomic E-state index is 0.247. The zero-order valence-electron chi connectivity index (χ0n) is 8.46. The number of fused-ring (bicyclic) bond motifs is 1. The summed E-state index contributed by atoms with van der Waals surface area (Å²) in [4.78, 5) is 4.16. The van der Waals surface area contributed by atoms with E-state index in [2.05, 4.69) is 20.5 Å². The van der Waals surface area contributed by atoms with Crippen molar-refractivity contribution in [1.29, 1.82) is 0 Å². The smallest absolute Gasteiger partial charge is 0.221 e. The van der Waals surface area contributed by atoms with Crippen LogP contribution in [0, 0.1) is 0 Å². The van der Waals surface area contributed by atoms with Crippen molar-refractivity contribution in [2.75, 3.05) is 11.9 Å². The third kappa shape index (κ3) is 1.21. The molecular formula is C9H12N6. The molecule has 2 aromatic heterocycles. The van der Waals surface area contributed by atoms with Gasteiger partial charge in [0.15, 0.2) is 0 Å². The average Bonchev–Trinajstić information content (AvgIpc) is 2.85. The van der Waals surface area contributed by atoms with E-state index in [1.807, 2.05) is 28.7 Å². The molecule has 0 amide bonds. The lowest BCUT2D eigenvalue weighted by Crippen LogP contribution is -2.26. The third-order valence-electron chi connectivity index (χ3n) is 2.77. The molecule has 1 aliphatic heterocycles. The maximum atomic E-state index is 4.24. The fraction of sp³-hybridized carbons (Fsp3) is 0.444. The van der Waals surface area contributed by atoms with Crippen molar-refractivity contribution in [3.63, 3.8) is 0 Å². The van der Waals surface area contributed by atoms with E-state index < -0.39 is 0 Å². The molecule has 3 rings (SSSR count). The van der Waals surface area contributed by atoms with Gasteiger partial charge in [0.25, 0.3) is 0 Å². The normalized spacial score (nSPS) is 19.7. The van der Waals surface area contributed by atoms with E-state index >= 15 is 0 Å². The zero-order chi connectivity index (χ0) is 10.3. The molecule has 0 radical (unpaired) electrons. The minimum absolute atomic E-state index is 0.247. The second-order valence-electron chi connectivity index (χ2n) is 3.64. The van der Waals surface area contributed by atoms with E-state index in [0.29, 0.717) is 0 Å². The summed E-state index contributed by atoms with van der Waals surface area (Å²) in [6, 6.07) is 2.28. The summed E-state index contributed by atoms with van der Waals surface area (Å²) in [5.41, 5.74) is 1.17. The fourth-order valence-corrected chi connectivity index (χ4v) is 2.03. The van der Waals surface area contributed by atoms with Gasteiger partial charge < -0.3 is 5.32 Å². The van der Waals surface area contributed by atoms with Crippen LogP contribution in [0.5, 0.6) is 0 Å². The molecular weight excluding hydrogens is 192 g/mol. The highest BCUT2D eigenvalue weighted by Crippen LogP contribution is 2.26. The molecule has 0 fully saturated rings. The highest BCUT2D eigenvalue weighted by Gasteiger charge is 2.24. The Hall–Kier alpha value is -1.85. The molecule has 0 aliphatic carbocycles. The molecule has 1 unspecified atom stereocenters. The van der Waals surface area contributed by atoms with Crippen LogP contribution in [0.25, 0.3) is 0 Å². The summed E-state index contributed by atoms with van der Waals surface area (Å²) < 4.78 is 3.81. The SMILES string of the molecule is Cn1nccc1C1CCNc2ncnn21. The minimum Gasteiger partial charge on any atom is -0.354 e. The van der Waals surface area contributed by atoms with Crippen LogP contribution in [0.2, 0.25) is 0 Å². The quantitative estimate of drug-likeness (QED) is 0.731. The lowest BCUT2D eigenvalue weighted by molar-refractivity contribution is 0.451. The maximum absolute atomic E-state index is 4.24. The number of hydrogen-bond acceptors (Lipinski definition) is 4. The predicted molar refractivity (Wildman–Crippen MR) is 54.5 cm³/mol. The van der Waals surface area contributed by atoms with E-state index in [4.69, 9.17) is 0 Å². The lowest BCUT2D eigenvalue weighted by atomic mass is 10.1. The Balaban J connectivity index is 2.07. The molecule has 1 N–H and O–H groups in total. The van der Waals surface area contributed by atoms with Crippen molar-refractivity contribution in [3.05, 3.63) is 24.3 Å². The molecule has 0 aromatic carbocycles. The Morgan fingerprint density at radius 3 is 3.20 bits per heavy atom. The van der Waals surface area contributed by atoms with Gasteiger partial charge in [-0.25, -0.2) is 4.68 Å². The molecule has 3 heterocycles. The first-order valence-electron chi connectivity index (χ1n) is 4.97. The van der Waals surface area contributed by atoms with E-state index in [0.717, 1.165) is 18.9 Å². The summed E-state index contributed by atoms with van der Waals surface area (Å²) in [6.07, 6.45) is 4.40. The highest BCUT2D eigenvalue weighted by atomic mass is 15.4. The van der Waals surface area contributed by atoms with Crippen molar-refractivity contribution in [2.24, 2.45) is 7.05 Å². The van der Waals surface area contributed by atoms with E-state index in [1.165, 1.54) is 5.69 Å². The van der Waals surface area contributed by atoms with Crippen LogP contribution >= 0.6 is 0 Å². The Morgan fingerprint density at radius 1 is 1.47 bits per heavy atom. The molecule has 15 heavy (non-hydrogen) atoms. The lowest BCUT2D eigenvalue weighted by Gasteiger charge is -2.24. The Morgan fingerprint density at radius 2 is 2.40 bits per heavy atom. The van der Waals surface area contributed by atoms with Crippen molar-refractivity contribution in [3.8, 4) is 0 Å². The van der Waals surface area contributed by atoms with Crippen molar-refractivity contribution in [2.45, 2.75) is 12.5 Å². The van der Waals surface area contributed by atoms with Gasteiger partial charge in [-0.15, -0.1) is 0 Å². The Labute approximate surface area is 86.9 Å². The number of nitrogens with one attached hydrogen (secondary N) is 1. The van der Waals surface area contributed by atoms with Gasteiger partial charge in [0.05, 0.1) is 11.7 Å². The van der Waals surface area contributed by atoms with Gasteiger partial charge in [-0.05, 0) is 12.5 Å². The molecule has 0 saturated carbocycles. The van der Waals surface area contributed by atoms with Crippen LogP contribution < -0.4 is 5.32 Å². The summed E-state index contributed by atoms with van der Waals surface area (Å²) in [6.45, 7) is 0.925. The van der Waals surface area contributed by atoms with E-state index in [-0.39, 0.29) is 6.04 Å².